The average molecular weight is 759 g/mol. The fraction of sp³-hybridized carbons (Fsp3) is 0.0333. The third-order valence-corrected chi connectivity index (χ3v) is 13.9. The second kappa shape index (κ2) is 12.5. The van der Waals surface area contributed by atoms with Crippen LogP contribution in [0, 0.1) is 0 Å². The Labute approximate surface area is 351 Å². The van der Waals surface area contributed by atoms with E-state index in [1.54, 1.807) is 0 Å². The van der Waals surface area contributed by atoms with Crippen LogP contribution in [0.25, 0.3) is 44.5 Å². The fourth-order valence-electron chi connectivity index (χ4n) is 11.9. The molecular formula is C60H38. The van der Waals surface area contributed by atoms with Gasteiger partial charge in [-0.3, -0.25) is 0 Å². The maximum Gasteiger partial charge on any atom is 0.0731 e. The van der Waals surface area contributed by atoms with Crippen molar-refractivity contribution in [2.24, 2.45) is 0 Å². The summed E-state index contributed by atoms with van der Waals surface area (Å²) in [5.41, 5.74) is 25.3. The lowest BCUT2D eigenvalue weighted by Gasteiger charge is -2.33. The SMILES string of the molecule is c1ccc(C2=C(c3ccc(C4=C(c5ccccc5)C5(c6ccccc64)c4ccccc4-c4ccccc45)cc3)c3ccccc3C23c2ccccc2-c2ccccc23)cc1. The van der Waals surface area contributed by atoms with Crippen LogP contribution in [0.5, 0.6) is 0 Å². The minimum absolute atomic E-state index is 0.456. The van der Waals surface area contributed by atoms with Crippen LogP contribution in [0.3, 0.4) is 0 Å². The molecule has 0 saturated carbocycles. The molecule has 0 aromatic heterocycles. The average Bonchev–Trinajstić information content (AvgIpc) is 4.01. The molecule has 0 aliphatic heterocycles. The maximum atomic E-state index is 2.40. The Balaban J connectivity index is 1.10. The van der Waals surface area contributed by atoms with E-state index in [1.165, 1.54) is 111 Å². The number of hydrogen-bond donors (Lipinski definition) is 0. The molecule has 0 amide bonds. The van der Waals surface area contributed by atoms with Crippen LogP contribution < -0.4 is 0 Å². The van der Waals surface area contributed by atoms with Gasteiger partial charge in [0.1, 0.15) is 0 Å². The summed E-state index contributed by atoms with van der Waals surface area (Å²) in [6, 6.07) is 86.5. The number of benzene rings is 9. The highest BCUT2D eigenvalue weighted by Gasteiger charge is 2.55. The number of fused-ring (bicyclic) bond motifs is 14. The molecule has 13 rings (SSSR count). The lowest BCUT2D eigenvalue weighted by molar-refractivity contribution is 0.842. The van der Waals surface area contributed by atoms with Crippen LogP contribution in [0.4, 0.5) is 0 Å². The van der Waals surface area contributed by atoms with Gasteiger partial charge in [-0.2, -0.15) is 0 Å². The minimum atomic E-state index is -0.456. The van der Waals surface area contributed by atoms with Crippen LogP contribution >= 0.6 is 0 Å². The molecule has 2 spiro atoms. The Bertz CT molecular complexity index is 2970. The summed E-state index contributed by atoms with van der Waals surface area (Å²) in [6.45, 7) is 0. The molecule has 9 aromatic rings. The largest absolute Gasteiger partial charge is 0.0731 e. The number of allylic oxidation sites excluding steroid dienone is 2. The molecule has 0 fully saturated rings. The zero-order chi connectivity index (χ0) is 39.4. The number of hydrogen-bond acceptors (Lipinski definition) is 0. The van der Waals surface area contributed by atoms with Gasteiger partial charge in [0.15, 0.2) is 0 Å². The molecule has 9 aromatic carbocycles. The molecule has 4 aliphatic rings. The summed E-state index contributed by atoms with van der Waals surface area (Å²) in [5, 5.41) is 0. The topological polar surface area (TPSA) is 0 Å². The molecule has 278 valence electrons. The maximum absolute atomic E-state index is 2.40. The van der Waals surface area contributed by atoms with Gasteiger partial charge in [-0.05, 0) is 111 Å². The van der Waals surface area contributed by atoms with Gasteiger partial charge in [0.05, 0.1) is 10.8 Å². The molecule has 4 aliphatic carbocycles. The fourth-order valence-corrected chi connectivity index (χ4v) is 11.9. The van der Waals surface area contributed by atoms with Crippen LogP contribution in [0.1, 0.15) is 66.8 Å². The third-order valence-electron chi connectivity index (χ3n) is 13.9. The van der Waals surface area contributed by atoms with E-state index in [2.05, 4.69) is 231 Å². The highest BCUT2D eigenvalue weighted by molar-refractivity contribution is 6.15. The van der Waals surface area contributed by atoms with Gasteiger partial charge in [-0.15, -0.1) is 0 Å². The Hall–Kier alpha value is -7.54. The van der Waals surface area contributed by atoms with Gasteiger partial charge in [-0.25, -0.2) is 0 Å². The molecule has 0 unspecified atom stereocenters. The van der Waals surface area contributed by atoms with E-state index in [4.69, 9.17) is 0 Å². The van der Waals surface area contributed by atoms with Crippen molar-refractivity contribution in [3.63, 3.8) is 0 Å². The Morgan fingerprint density at radius 3 is 0.717 bits per heavy atom. The summed E-state index contributed by atoms with van der Waals surface area (Å²) < 4.78 is 0. The Morgan fingerprint density at radius 2 is 0.417 bits per heavy atom. The molecule has 0 radical (unpaired) electrons. The standard InChI is InChI=1S/C60H38/c1-3-19-41(20-4-1)57-55(47-27-11-17-33-53(47)59(57)49-29-13-7-23-43(49)44-24-8-14-30-50(44)59)39-35-37-40(38-36-39)56-48-28-12-18-34-54(48)60(58(56)42-21-5-2-6-22-42)51-31-15-9-25-45(51)46-26-10-16-32-52(46)60/h1-38H. The van der Waals surface area contributed by atoms with E-state index in [0.717, 1.165) is 0 Å². The second-order valence-electron chi connectivity index (χ2n) is 16.6. The first-order valence-corrected chi connectivity index (χ1v) is 21.1. The van der Waals surface area contributed by atoms with Crippen LogP contribution in [-0.2, 0) is 10.8 Å². The zero-order valence-corrected chi connectivity index (χ0v) is 32.9. The molecular weight excluding hydrogens is 721 g/mol. The summed E-state index contributed by atoms with van der Waals surface area (Å²) in [6.07, 6.45) is 0. The van der Waals surface area contributed by atoms with Crippen molar-refractivity contribution in [2.45, 2.75) is 10.8 Å². The zero-order valence-electron chi connectivity index (χ0n) is 32.9. The summed E-state index contributed by atoms with van der Waals surface area (Å²) in [4.78, 5) is 0. The van der Waals surface area contributed by atoms with Crippen molar-refractivity contribution in [1.29, 1.82) is 0 Å². The molecule has 0 N–H and O–H groups in total. The van der Waals surface area contributed by atoms with E-state index in [0.29, 0.717) is 0 Å². The lowest BCUT2D eigenvalue weighted by atomic mass is 9.67. The Morgan fingerprint density at radius 1 is 0.183 bits per heavy atom. The molecule has 0 saturated heterocycles. The van der Waals surface area contributed by atoms with Crippen molar-refractivity contribution >= 4 is 22.3 Å². The molecule has 0 bridgehead atoms. The van der Waals surface area contributed by atoms with Gasteiger partial charge in [0.2, 0.25) is 0 Å². The van der Waals surface area contributed by atoms with Crippen molar-refractivity contribution in [3.8, 4) is 22.3 Å². The quantitative estimate of drug-likeness (QED) is 0.168. The predicted octanol–water partition coefficient (Wildman–Crippen LogP) is 14.3. The van der Waals surface area contributed by atoms with E-state index in [9.17, 15) is 0 Å². The highest BCUT2D eigenvalue weighted by atomic mass is 14.6. The van der Waals surface area contributed by atoms with Gasteiger partial charge < -0.3 is 0 Å². The van der Waals surface area contributed by atoms with E-state index in [-0.39, 0.29) is 0 Å². The first-order chi connectivity index (χ1) is 29.8. The van der Waals surface area contributed by atoms with Crippen molar-refractivity contribution in [3.05, 3.63) is 297 Å². The second-order valence-corrected chi connectivity index (χ2v) is 16.6. The molecule has 0 heterocycles. The van der Waals surface area contributed by atoms with E-state index >= 15 is 0 Å². The van der Waals surface area contributed by atoms with Gasteiger partial charge in [0.25, 0.3) is 0 Å². The van der Waals surface area contributed by atoms with Crippen molar-refractivity contribution < 1.29 is 0 Å². The van der Waals surface area contributed by atoms with Crippen molar-refractivity contribution in [2.75, 3.05) is 0 Å². The van der Waals surface area contributed by atoms with Crippen LogP contribution in [0.15, 0.2) is 231 Å². The van der Waals surface area contributed by atoms with Gasteiger partial charge >= 0.3 is 0 Å². The Kier molecular flexibility index (Phi) is 6.95. The van der Waals surface area contributed by atoms with E-state index < -0.39 is 10.8 Å². The minimum Gasteiger partial charge on any atom is -0.0622 e. The summed E-state index contributed by atoms with van der Waals surface area (Å²) in [5.74, 6) is 0. The summed E-state index contributed by atoms with van der Waals surface area (Å²) >= 11 is 0. The van der Waals surface area contributed by atoms with Crippen molar-refractivity contribution in [1.82, 2.24) is 0 Å². The van der Waals surface area contributed by atoms with E-state index in [1.807, 2.05) is 0 Å². The van der Waals surface area contributed by atoms with Gasteiger partial charge in [0, 0.05) is 0 Å². The first kappa shape index (κ1) is 33.4. The molecule has 60 heavy (non-hydrogen) atoms. The monoisotopic (exact) mass is 758 g/mol. The highest BCUT2D eigenvalue weighted by Crippen LogP contribution is 2.67. The molecule has 0 nitrogen and oxygen atoms in total. The molecule has 0 heteroatoms. The van der Waals surface area contributed by atoms with Crippen LogP contribution in [-0.4, -0.2) is 0 Å². The normalized spacial score (nSPS) is 15.5. The molecule has 0 atom stereocenters. The smallest absolute Gasteiger partial charge is 0.0622 e. The lowest BCUT2D eigenvalue weighted by Crippen LogP contribution is -2.26. The first-order valence-electron chi connectivity index (χ1n) is 21.1. The number of rotatable bonds is 4. The third kappa shape index (κ3) is 4.15. The summed E-state index contributed by atoms with van der Waals surface area (Å²) in [7, 11) is 0. The van der Waals surface area contributed by atoms with Gasteiger partial charge in [-0.1, -0.05) is 231 Å². The predicted molar refractivity (Wildman–Crippen MR) is 248 cm³/mol. The van der Waals surface area contributed by atoms with Crippen LogP contribution in [0.2, 0.25) is 0 Å².